The van der Waals surface area contributed by atoms with Crippen LogP contribution in [0.1, 0.15) is 77.6 Å². The number of rotatable bonds is 10. The zero-order valence-corrected chi connectivity index (χ0v) is 12.2. The second-order valence-corrected chi connectivity index (χ2v) is 5.83. The summed E-state index contributed by atoms with van der Waals surface area (Å²) in [5.74, 6) is 1.12. The van der Waals surface area contributed by atoms with Crippen molar-refractivity contribution in [1.29, 1.82) is 0 Å². The van der Waals surface area contributed by atoms with Gasteiger partial charge >= 0.3 is 0 Å². The molecule has 1 unspecified atom stereocenters. The molecule has 0 amide bonds. The standard InChI is InChI=1S/C16H31NO/c1-2-3-4-5-6-7-8-11-16(18)13-15-10-9-12-17-14-15/h15,17H,2-14H2,1H3. The van der Waals surface area contributed by atoms with Crippen LogP contribution in [-0.4, -0.2) is 18.9 Å². The van der Waals surface area contributed by atoms with Crippen molar-refractivity contribution >= 4 is 5.78 Å². The van der Waals surface area contributed by atoms with E-state index >= 15 is 0 Å². The second kappa shape index (κ2) is 10.5. The number of Topliss-reactive ketones (excluding diaryl/α,β-unsaturated/α-hetero) is 1. The lowest BCUT2D eigenvalue weighted by Gasteiger charge is -2.21. The Morgan fingerprint density at radius 1 is 1.11 bits per heavy atom. The first-order valence-corrected chi connectivity index (χ1v) is 8.05. The molecule has 1 heterocycles. The minimum Gasteiger partial charge on any atom is -0.316 e. The van der Waals surface area contributed by atoms with Crippen LogP contribution in [0.5, 0.6) is 0 Å². The predicted octanol–water partition coefficient (Wildman–Crippen LogP) is 4.09. The summed E-state index contributed by atoms with van der Waals surface area (Å²) in [4.78, 5) is 11.8. The molecule has 0 saturated carbocycles. The molecule has 1 aliphatic heterocycles. The van der Waals surface area contributed by atoms with Crippen molar-refractivity contribution < 1.29 is 4.79 Å². The monoisotopic (exact) mass is 253 g/mol. The van der Waals surface area contributed by atoms with Crippen LogP contribution in [0.3, 0.4) is 0 Å². The second-order valence-electron chi connectivity index (χ2n) is 5.83. The van der Waals surface area contributed by atoms with Gasteiger partial charge in [0.25, 0.3) is 0 Å². The number of piperidine rings is 1. The van der Waals surface area contributed by atoms with Gasteiger partial charge in [-0.3, -0.25) is 4.79 Å². The van der Waals surface area contributed by atoms with Gasteiger partial charge in [0.15, 0.2) is 0 Å². The predicted molar refractivity (Wildman–Crippen MR) is 77.8 cm³/mol. The van der Waals surface area contributed by atoms with Crippen LogP contribution < -0.4 is 5.32 Å². The highest BCUT2D eigenvalue weighted by atomic mass is 16.1. The van der Waals surface area contributed by atoms with Gasteiger partial charge < -0.3 is 5.32 Å². The first kappa shape index (κ1) is 15.7. The summed E-state index contributed by atoms with van der Waals surface area (Å²) >= 11 is 0. The number of hydrogen-bond acceptors (Lipinski definition) is 2. The summed E-state index contributed by atoms with van der Waals surface area (Å²) < 4.78 is 0. The van der Waals surface area contributed by atoms with Crippen molar-refractivity contribution in [3.05, 3.63) is 0 Å². The molecule has 1 N–H and O–H groups in total. The summed E-state index contributed by atoms with van der Waals surface area (Å²) in [6.45, 7) is 4.45. The summed E-state index contributed by atoms with van der Waals surface area (Å²) in [6, 6.07) is 0. The Morgan fingerprint density at radius 2 is 1.83 bits per heavy atom. The van der Waals surface area contributed by atoms with Gasteiger partial charge in [-0.25, -0.2) is 0 Å². The molecule has 2 nitrogen and oxygen atoms in total. The van der Waals surface area contributed by atoms with Crippen molar-refractivity contribution in [2.45, 2.75) is 77.6 Å². The van der Waals surface area contributed by atoms with E-state index in [0.29, 0.717) is 11.7 Å². The molecule has 2 heteroatoms. The van der Waals surface area contributed by atoms with E-state index in [2.05, 4.69) is 12.2 Å². The van der Waals surface area contributed by atoms with Gasteiger partial charge in [0.2, 0.25) is 0 Å². The fraction of sp³-hybridized carbons (Fsp3) is 0.938. The van der Waals surface area contributed by atoms with Gasteiger partial charge in [0.1, 0.15) is 5.78 Å². The Balaban J connectivity index is 1.90. The molecule has 0 aromatic carbocycles. The lowest BCUT2D eigenvalue weighted by atomic mass is 9.92. The van der Waals surface area contributed by atoms with Gasteiger partial charge in [-0.15, -0.1) is 0 Å². The van der Waals surface area contributed by atoms with E-state index in [0.717, 1.165) is 32.4 Å². The van der Waals surface area contributed by atoms with Gasteiger partial charge in [-0.2, -0.15) is 0 Å². The Labute approximate surface area is 113 Å². The summed E-state index contributed by atoms with van der Waals surface area (Å²) in [7, 11) is 0. The molecule has 106 valence electrons. The van der Waals surface area contributed by atoms with E-state index in [1.54, 1.807) is 0 Å². The van der Waals surface area contributed by atoms with E-state index < -0.39 is 0 Å². The third-order valence-electron chi connectivity index (χ3n) is 3.97. The van der Waals surface area contributed by atoms with Crippen LogP contribution in [0.4, 0.5) is 0 Å². The largest absolute Gasteiger partial charge is 0.316 e. The molecule has 1 rings (SSSR count). The van der Waals surface area contributed by atoms with Gasteiger partial charge in [-0.1, -0.05) is 45.4 Å². The molecule has 0 aromatic rings. The lowest BCUT2D eigenvalue weighted by Crippen LogP contribution is -2.31. The van der Waals surface area contributed by atoms with E-state index in [4.69, 9.17) is 0 Å². The molecular formula is C16H31NO. The Kier molecular flexibility index (Phi) is 9.19. The van der Waals surface area contributed by atoms with E-state index in [9.17, 15) is 4.79 Å². The molecule has 1 saturated heterocycles. The van der Waals surface area contributed by atoms with Gasteiger partial charge in [-0.05, 0) is 38.3 Å². The summed E-state index contributed by atoms with van der Waals surface area (Å²) in [6.07, 6.45) is 13.2. The molecule has 0 bridgehead atoms. The molecule has 0 aliphatic carbocycles. The first-order valence-electron chi connectivity index (χ1n) is 8.05. The van der Waals surface area contributed by atoms with Crippen LogP contribution in [0.15, 0.2) is 0 Å². The SMILES string of the molecule is CCCCCCCCCC(=O)CC1CCCNC1. The highest BCUT2D eigenvalue weighted by Crippen LogP contribution is 2.16. The topological polar surface area (TPSA) is 29.1 Å². The molecule has 0 aromatic heterocycles. The lowest BCUT2D eigenvalue weighted by molar-refractivity contribution is -0.120. The molecule has 0 radical (unpaired) electrons. The number of nitrogens with one attached hydrogen (secondary N) is 1. The van der Waals surface area contributed by atoms with E-state index in [1.165, 1.54) is 51.4 Å². The van der Waals surface area contributed by atoms with Crippen LogP contribution >= 0.6 is 0 Å². The molecule has 1 aliphatic rings. The summed E-state index contributed by atoms with van der Waals surface area (Å²) in [5, 5.41) is 3.38. The zero-order chi connectivity index (χ0) is 13.1. The molecule has 1 fully saturated rings. The molecular weight excluding hydrogens is 222 g/mol. The maximum absolute atomic E-state index is 11.8. The van der Waals surface area contributed by atoms with Crippen molar-refractivity contribution in [3.63, 3.8) is 0 Å². The Hall–Kier alpha value is -0.370. The van der Waals surface area contributed by atoms with Crippen molar-refractivity contribution in [2.24, 2.45) is 5.92 Å². The third kappa shape index (κ3) is 7.86. The molecule has 0 spiro atoms. The van der Waals surface area contributed by atoms with Crippen molar-refractivity contribution in [2.75, 3.05) is 13.1 Å². The molecule has 1 atom stereocenters. The number of carbonyl (C=O) groups excluding carboxylic acids is 1. The van der Waals surface area contributed by atoms with Crippen molar-refractivity contribution in [1.82, 2.24) is 5.32 Å². The average molecular weight is 253 g/mol. The van der Waals surface area contributed by atoms with Gasteiger partial charge in [0.05, 0.1) is 0 Å². The highest BCUT2D eigenvalue weighted by molar-refractivity contribution is 5.78. The smallest absolute Gasteiger partial charge is 0.133 e. The Bertz CT molecular complexity index is 209. The van der Waals surface area contributed by atoms with Crippen LogP contribution in [0, 0.1) is 5.92 Å². The fourth-order valence-corrected chi connectivity index (χ4v) is 2.80. The maximum atomic E-state index is 11.8. The quantitative estimate of drug-likeness (QED) is 0.594. The first-order chi connectivity index (χ1) is 8.83. The third-order valence-corrected chi connectivity index (χ3v) is 3.97. The maximum Gasteiger partial charge on any atom is 0.133 e. The zero-order valence-electron chi connectivity index (χ0n) is 12.2. The van der Waals surface area contributed by atoms with Crippen LogP contribution in [-0.2, 0) is 4.79 Å². The minimum atomic E-state index is 0.497. The van der Waals surface area contributed by atoms with E-state index in [1.807, 2.05) is 0 Å². The summed E-state index contributed by atoms with van der Waals surface area (Å²) in [5.41, 5.74) is 0. The van der Waals surface area contributed by atoms with Crippen LogP contribution in [0.2, 0.25) is 0 Å². The number of ketones is 1. The minimum absolute atomic E-state index is 0.497. The van der Waals surface area contributed by atoms with Gasteiger partial charge in [0, 0.05) is 12.8 Å². The fourth-order valence-electron chi connectivity index (χ4n) is 2.80. The Morgan fingerprint density at radius 3 is 2.50 bits per heavy atom. The molecule has 18 heavy (non-hydrogen) atoms. The highest BCUT2D eigenvalue weighted by Gasteiger charge is 2.16. The number of unbranched alkanes of at least 4 members (excludes halogenated alkanes) is 6. The van der Waals surface area contributed by atoms with E-state index in [-0.39, 0.29) is 0 Å². The normalized spacial score (nSPS) is 19.9. The number of hydrogen-bond donors (Lipinski definition) is 1. The average Bonchev–Trinajstić information content (AvgIpc) is 2.39. The van der Waals surface area contributed by atoms with Crippen LogP contribution in [0.25, 0.3) is 0 Å². The van der Waals surface area contributed by atoms with Crippen molar-refractivity contribution in [3.8, 4) is 0 Å². The number of carbonyl (C=O) groups is 1.